The Bertz CT molecular complexity index is 677. The summed E-state index contributed by atoms with van der Waals surface area (Å²) in [5.41, 5.74) is 1.91. The Labute approximate surface area is 135 Å². The second kappa shape index (κ2) is 6.98. The number of halogens is 1. The predicted molar refractivity (Wildman–Crippen MR) is 85.0 cm³/mol. The molecule has 0 aromatic heterocycles. The van der Waals surface area contributed by atoms with E-state index in [2.05, 4.69) is 4.90 Å². The molecule has 3 rings (SSSR count). The average molecular weight is 317 g/mol. The maximum atomic E-state index is 13.4. The molecule has 0 unspecified atom stereocenters. The van der Waals surface area contributed by atoms with Crippen molar-refractivity contribution < 1.29 is 19.0 Å². The molecule has 2 aromatic carbocycles. The van der Waals surface area contributed by atoms with Crippen LogP contribution in [0, 0.1) is 5.82 Å². The van der Waals surface area contributed by atoms with Crippen LogP contribution in [-0.4, -0.2) is 36.8 Å². The van der Waals surface area contributed by atoms with Gasteiger partial charge in [0.05, 0.1) is 19.8 Å². The van der Waals surface area contributed by atoms with Crippen LogP contribution < -0.4 is 4.74 Å². The highest BCUT2D eigenvalue weighted by Crippen LogP contribution is 2.28. The zero-order chi connectivity index (χ0) is 16.2. The summed E-state index contributed by atoms with van der Waals surface area (Å²) in [6, 6.07) is 11.9. The van der Waals surface area contributed by atoms with Gasteiger partial charge in [-0.3, -0.25) is 4.90 Å². The molecule has 5 heteroatoms. The zero-order valence-corrected chi connectivity index (χ0v) is 13.0. The van der Waals surface area contributed by atoms with Crippen molar-refractivity contribution in [3.05, 3.63) is 59.4 Å². The first-order valence-electron chi connectivity index (χ1n) is 7.61. The van der Waals surface area contributed by atoms with Crippen molar-refractivity contribution in [2.45, 2.75) is 12.6 Å². The highest BCUT2D eigenvalue weighted by molar-refractivity contribution is 5.41. The highest BCUT2D eigenvalue weighted by Gasteiger charge is 2.22. The minimum atomic E-state index is -0.244. The number of aromatic hydroxyl groups is 1. The van der Waals surface area contributed by atoms with E-state index in [1.807, 2.05) is 18.2 Å². The molecule has 0 spiro atoms. The molecule has 1 aliphatic rings. The molecule has 1 aliphatic heterocycles. The highest BCUT2D eigenvalue weighted by atomic mass is 19.1. The van der Waals surface area contributed by atoms with Crippen molar-refractivity contribution in [3.63, 3.8) is 0 Å². The zero-order valence-electron chi connectivity index (χ0n) is 13.0. The third kappa shape index (κ3) is 3.81. The Morgan fingerprint density at radius 1 is 1.30 bits per heavy atom. The van der Waals surface area contributed by atoms with Crippen molar-refractivity contribution in [2.75, 3.05) is 26.8 Å². The third-order valence-corrected chi connectivity index (χ3v) is 4.02. The lowest BCUT2D eigenvalue weighted by molar-refractivity contribution is -0.0330. The van der Waals surface area contributed by atoms with Crippen LogP contribution in [0.5, 0.6) is 11.5 Å². The Morgan fingerprint density at radius 3 is 2.96 bits per heavy atom. The molecule has 1 fully saturated rings. The molecular weight excluding hydrogens is 297 g/mol. The molecule has 0 bridgehead atoms. The summed E-state index contributed by atoms with van der Waals surface area (Å²) >= 11 is 0. The molecule has 23 heavy (non-hydrogen) atoms. The Morgan fingerprint density at radius 2 is 2.17 bits per heavy atom. The first-order chi connectivity index (χ1) is 11.2. The van der Waals surface area contributed by atoms with E-state index in [0.29, 0.717) is 18.9 Å². The Kier molecular flexibility index (Phi) is 4.79. The molecule has 1 N–H and O–H groups in total. The fourth-order valence-corrected chi connectivity index (χ4v) is 2.83. The molecule has 122 valence electrons. The first kappa shape index (κ1) is 15.8. The van der Waals surface area contributed by atoms with Gasteiger partial charge in [0.2, 0.25) is 0 Å². The number of morpholine rings is 1. The minimum absolute atomic E-state index is 0.126. The number of hydrogen-bond acceptors (Lipinski definition) is 4. The summed E-state index contributed by atoms with van der Waals surface area (Å²) in [7, 11) is 1.54. The maximum absolute atomic E-state index is 13.4. The monoisotopic (exact) mass is 317 g/mol. The summed E-state index contributed by atoms with van der Waals surface area (Å²) in [4.78, 5) is 2.25. The number of phenolic OH excluding ortho intramolecular Hbond substituents is 1. The normalized spacial score (nSPS) is 18.8. The lowest BCUT2D eigenvalue weighted by atomic mass is 10.1. The van der Waals surface area contributed by atoms with Gasteiger partial charge >= 0.3 is 0 Å². The van der Waals surface area contributed by atoms with Gasteiger partial charge in [0.1, 0.15) is 5.82 Å². The van der Waals surface area contributed by atoms with Gasteiger partial charge in [0.15, 0.2) is 11.5 Å². The third-order valence-electron chi connectivity index (χ3n) is 4.02. The van der Waals surface area contributed by atoms with Crippen LogP contribution in [0.15, 0.2) is 42.5 Å². The number of rotatable bonds is 4. The summed E-state index contributed by atoms with van der Waals surface area (Å²) in [5, 5.41) is 9.66. The first-order valence-corrected chi connectivity index (χ1v) is 7.61. The van der Waals surface area contributed by atoms with Crippen molar-refractivity contribution in [3.8, 4) is 11.5 Å². The molecule has 1 heterocycles. The number of benzene rings is 2. The predicted octanol–water partition coefficient (Wildman–Crippen LogP) is 3.11. The van der Waals surface area contributed by atoms with Crippen molar-refractivity contribution in [1.29, 1.82) is 0 Å². The van der Waals surface area contributed by atoms with Crippen LogP contribution in [0.1, 0.15) is 17.2 Å². The summed E-state index contributed by atoms with van der Waals surface area (Å²) < 4.78 is 24.3. The molecule has 2 aromatic rings. The average Bonchev–Trinajstić information content (AvgIpc) is 2.57. The standard InChI is InChI=1S/C18H20FNO3/c1-22-17-9-13(5-6-16(17)21)11-20-7-8-23-18(12-20)14-3-2-4-15(19)10-14/h2-6,9-10,18,21H,7-8,11-12H2,1H3/t18-/m0/s1. The van der Waals surface area contributed by atoms with Gasteiger partial charge in [0, 0.05) is 19.6 Å². The van der Waals surface area contributed by atoms with Gasteiger partial charge in [-0.2, -0.15) is 0 Å². The van der Waals surface area contributed by atoms with Gasteiger partial charge in [-0.05, 0) is 35.4 Å². The number of methoxy groups -OCH3 is 1. The Balaban J connectivity index is 1.69. The van der Waals surface area contributed by atoms with E-state index in [0.717, 1.165) is 24.2 Å². The molecule has 4 nitrogen and oxygen atoms in total. The lowest BCUT2D eigenvalue weighted by Crippen LogP contribution is -2.37. The minimum Gasteiger partial charge on any atom is -0.504 e. The van der Waals surface area contributed by atoms with E-state index in [-0.39, 0.29) is 17.7 Å². The van der Waals surface area contributed by atoms with Crippen LogP contribution in [-0.2, 0) is 11.3 Å². The SMILES string of the molecule is COc1cc(CN2CCO[C@H](c3cccc(F)c3)C2)ccc1O. The molecular formula is C18H20FNO3. The number of hydrogen-bond donors (Lipinski definition) is 1. The van der Waals surface area contributed by atoms with E-state index < -0.39 is 0 Å². The van der Waals surface area contributed by atoms with E-state index in [1.165, 1.54) is 19.2 Å². The van der Waals surface area contributed by atoms with Crippen LogP contribution >= 0.6 is 0 Å². The summed E-state index contributed by atoms with van der Waals surface area (Å²) in [5.74, 6) is 0.361. The fraction of sp³-hybridized carbons (Fsp3) is 0.333. The van der Waals surface area contributed by atoms with Crippen LogP contribution in [0.3, 0.4) is 0 Å². The van der Waals surface area contributed by atoms with E-state index in [9.17, 15) is 9.50 Å². The van der Waals surface area contributed by atoms with Crippen molar-refractivity contribution >= 4 is 0 Å². The van der Waals surface area contributed by atoms with Gasteiger partial charge in [-0.15, -0.1) is 0 Å². The van der Waals surface area contributed by atoms with Crippen LogP contribution in [0.2, 0.25) is 0 Å². The molecule has 0 radical (unpaired) electrons. The molecule has 0 aliphatic carbocycles. The second-order valence-electron chi connectivity index (χ2n) is 5.66. The van der Waals surface area contributed by atoms with Gasteiger partial charge < -0.3 is 14.6 Å². The van der Waals surface area contributed by atoms with Crippen molar-refractivity contribution in [1.82, 2.24) is 4.90 Å². The maximum Gasteiger partial charge on any atom is 0.160 e. The van der Waals surface area contributed by atoms with Gasteiger partial charge in [0.25, 0.3) is 0 Å². The summed E-state index contributed by atoms with van der Waals surface area (Å²) in [6.45, 7) is 2.85. The number of phenols is 1. The smallest absolute Gasteiger partial charge is 0.160 e. The quantitative estimate of drug-likeness (QED) is 0.941. The fourth-order valence-electron chi connectivity index (χ4n) is 2.83. The molecule has 0 saturated carbocycles. The largest absolute Gasteiger partial charge is 0.504 e. The summed E-state index contributed by atoms with van der Waals surface area (Å²) in [6.07, 6.45) is -0.126. The van der Waals surface area contributed by atoms with Crippen LogP contribution in [0.25, 0.3) is 0 Å². The van der Waals surface area contributed by atoms with E-state index >= 15 is 0 Å². The van der Waals surface area contributed by atoms with Gasteiger partial charge in [-0.1, -0.05) is 18.2 Å². The molecule has 1 atom stereocenters. The second-order valence-corrected chi connectivity index (χ2v) is 5.66. The van der Waals surface area contributed by atoms with E-state index in [1.54, 1.807) is 12.1 Å². The lowest BCUT2D eigenvalue weighted by Gasteiger charge is -2.33. The van der Waals surface area contributed by atoms with E-state index in [4.69, 9.17) is 9.47 Å². The molecule has 0 amide bonds. The topological polar surface area (TPSA) is 41.9 Å². The number of ether oxygens (including phenoxy) is 2. The van der Waals surface area contributed by atoms with Crippen LogP contribution in [0.4, 0.5) is 4.39 Å². The molecule has 1 saturated heterocycles. The number of nitrogens with zero attached hydrogens (tertiary/aromatic N) is 1. The van der Waals surface area contributed by atoms with Crippen molar-refractivity contribution in [2.24, 2.45) is 0 Å². The Hall–Kier alpha value is -2.11. The van der Waals surface area contributed by atoms with Gasteiger partial charge in [-0.25, -0.2) is 4.39 Å².